The first-order valence-corrected chi connectivity index (χ1v) is 8.76. The third-order valence-electron chi connectivity index (χ3n) is 3.91. The molecule has 6 nitrogen and oxygen atoms in total. The summed E-state index contributed by atoms with van der Waals surface area (Å²) in [7, 11) is 0. The molecule has 0 radical (unpaired) electrons. The average Bonchev–Trinajstić information content (AvgIpc) is 3.26. The molecule has 0 aliphatic heterocycles. The number of benzene rings is 1. The van der Waals surface area contributed by atoms with Gasteiger partial charge in [0.15, 0.2) is 0 Å². The lowest BCUT2D eigenvalue weighted by Crippen LogP contribution is -1.99. The van der Waals surface area contributed by atoms with Crippen molar-refractivity contribution in [3.05, 3.63) is 58.9 Å². The van der Waals surface area contributed by atoms with Gasteiger partial charge in [-0.2, -0.15) is 14.9 Å². The molecular formula is C18H17N5OS. The van der Waals surface area contributed by atoms with E-state index in [1.54, 1.807) is 0 Å². The van der Waals surface area contributed by atoms with Crippen molar-refractivity contribution in [1.29, 1.82) is 0 Å². The van der Waals surface area contributed by atoms with Gasteiger partial charge < -0.3 is 5.11 Å². The number of aryl methyl sites for hydroxylation is 3. The molecule has 7 heteroatoms. The molecular weight excluding hydrogens is 334 g/mol. The molecule has 1 N–H and O–H groups in total. The molecule has 126 valence electrons. The molecule has 25 heavy (non-hydrogen) atoms. The SMILES string of the molecule is Cc1csc(-n2nc(C)c(-c3cc(C)nn3-c3ccccc3)c2O)n1. The first-order valence-electron chi connectivity index (χ1n) is 7.88. The van der Waals surface area contributed by atoms with Crippen molar-refractivity contribution in [2.75, 3.05) is 0 Å². The Morgan fingerprint density at radius 1 is 0.960 bits per heavy atom. The highest BCUT2D eigenvalue weighted by molar-refractivity contribution is 7.12. The fourth-order valence-corrected chi connectivity index (χ4v) is 3.58. The molecule has 3 heterocycles. The summed E-state index contributed by atoms with van der Waals surface area (Å²) in [6.45, 7) is 5.73. The van der Waals surface area contributed by atoms with Gasteiger partial charge in [0.1, 0.15) is 0 Å². The van der Waals surface area contributed by atoms with E-state index in [4.69, 9.17) is 0 Å². The van der Waals surface area contributed by atoms with Crippen molar-refractivity contribution in [2.24, 2.45) is 0 Å². The lowest BCUT2D eigenvalue weighted by atomic mass is 10.1. The van der Waals surface area contributed by atoms with E-state index >= 15 is 0 Å². The summed E-state index contributed by atoms with van der Waals surface area (Å²) in [5, 5.41) is 22.5. The van der Waals surface area contributed by atoms with Crippen LogP contribution in [0.2, 0.25) is 0 Å². The molecule has 0 fully saturated rings. The van der Waals surface area contributed by atoms with Crippen LogP contribution in [0.15, 0.2) is 41.8 Å². The van der Waals surface area contributed by atoms with Gasteiger partial charge in [-0.05, 0) is 39.0 Å². The summed E-state index contributed by atoms with van der Waals surface area (Å²) >= 11 is 1.45. The molecule has 0 spiro atoms. The summed E-state index contributed by atoms with van der Waals surface area (Å²) in [6.07, 6.45) is 0. The van der Waals surface area contributed by atoms with Crippen LogP contribution < -0.4 is 0 Å². The van der Waals surface area contributed by atoms with E-state index < -0.39 is 0 Å². The van der Waals surface area contributed by atoms with Crippen LogP contribution in [0.5, 0.6) is 5.88 Å². The maximum Gasteiger partial charge on any atom is 0.226 e. The van der Waals surface area contributed by atoms with Crippen molar-refractivity contribution in [2.45, 2.75) is 20.8 Å². The Morgan fingerprint density at radius 2 is 1.72 bits per heavy atom. The monoisotopic (exact) mass is 351 g/mol. The van der Waals surface area contributed by atoms with E-state index in [2.05, 4.69) is 15.2 Å². The third-order valence-corrected chi connectivity index (χ3v) is 4.85. The molecule has 0 saturated heterocycles. The number of hydrogen-bond donors (Lipinski definition) is 1. The first kappa shape index (κ1) is 15.6. The standard InChI is InChI=1S/C18H17N5OS/c1-11-9-15(22(20-11)14-7-5-4-6-8-14)16-13(3)21-23(17(16)24)18-19-12(2)10-25-18/h4-10,24H,1-3H3. The number of para-hydroxylation sites is 1. The predicted molar refractivity (Wildman–Crippen MR) is 97.7 cm³/mol. The van der Waals surface area contributed by atoms with Crippen molar-refractivity contribution in [3.8, 4) is 28.0 Å². The average molecular weight is 351 g/mol. The largest absolute Gasteiger partial charge is 0.493 e. The molecule has 0 aliphatic rings. The molecule has 0 amide bonds. The Kier molecular flexibility index (Phi) is 3.65. The molecule has 0 saturated carbocycles. The summed E-state index contributed by atoms with van der Waals surface area (Å²) in [5.74, 6) is 0.0731. The zero-order chi connectivity index (χ0) is 17.6. The van der Waals surface area contributed by atoms with Crippen molar-refractivity contribution in [3.63, 3.8) is 0 Å². The molecule has 4 rings (SSSR count). The minimum absolute atomic E-state index is 0.0731. The van der Waals surface area contributed by atoms with Crippen LogP contribution in [0.3, 0.4) is 0 Å². The number of aromatic nitrogens is 5. The third kappa shape index (κ3) is 2.62. The second-order valence-corrected chi connectivity index (χ2v) is 6.72. The van der Waals surface area contributed by atoms with Gasteiger partial charge in [0.25, 0.3) is 0 Å². The van der Waals surface area contributed by atoms with Gasteiger partial charge >= 0.3 is 0 Å². The van der Waals surface area contributed by atoms with Crippen molar-refractivity contribution < 1.29 is 5.11 Å². The molecule has 4 aromatic rings. The van der Waals surface area contributed by atoms with Gasteiger partial charge in [0.2, 0.25) is 11.0 Å². The van der Waals surface area contributed by atoms with E-state index in [1.165, 1.54) is 16.0 Å². The fourth-order valence-electron chi connectivity index (χ4n) is 2.83. The minimum Gasteiger partial charge on any atom is -0.493 e. The zero-order valence-corrected chi connectivity index (χ0v) is 14.9. The van der Waals surface area contributed by atoms with Gasteiger partial charge in [0.05, 0.1) is 34.0 Å². The predicted octanol–water partition coefficient (Wildman–Crippen LogP) is 3.81. The molecule has 1 aromatic carbocycles. The lowest BCUT2D eigenvalue weighted by Gasteiger charge is -2.07. The topological polar surface area (TPSA) is 68.8 Å². The summed E-state index contributed by atoms with van der Waals surface area (Å²) in [5.41, 5.74) is 4.90. The highest BCUT2D eigenvalue weighted by Crippen LogP contribution is 2.36. The Hall–Kier alpha value is -2.93. The smallest absolute Gasteiger partial charge is 0.226 e. The quantitative estimate of drug-likeness (QED) is 0.609. The van der Waals surface area contributed by atoms with Gasteiger partial charge in [-0.15, -0.1) is 11.3 Å². The number of nitrogens with zero attached hydrogens (tertiary/aromatic N) is 5. The molecule has 0 atom stereocenters. The number of thiazole rings is 1. The normalized spacial score (nSPS) is 11.2. The lowest BCUT2D eigenvalue weighted by molar-refractivity contribution is 0.434. The molecule has 3 aromatic heterocycles. The van der Waals surface area contributed by atoms with E-state index in [0.29, 0.717) is 10.7 Å². The summed E-state index contributed by atoms with van der Waals surface area (Å²) in [4.78, 5) is 4.41. The number of aromatic hydroxyl groups is 1. The highest BCUT2D eigenvalue weighted by Gasteiger charge is 2.23. The second-order valence-electron chi connectivity index (χ2n) is 5.89. The summed E-state index contributed by atoms with van der Waals surface area (Å²) in [6, 6.07) is 11.8. The van der Waals surface area contributed by atoms with Crippen LogP contribution >= 0.6 is 11.3 Å². The first-order chi connectivity index (χ1) is 12.0. The van der Waals surface area contributed by atoms with Crippen LogP contribution in [0.1, 0.15) is 17.1 Å². The Morgan fingerprint density at radius 3 is 2.40 bits per heavy atom. The van der Waals surface area contributed by atoms with E-state index in [1.807, 2.05) is 67.2 Å². The van der Waals surface area contributed by atoms with E-state index in [-0.39, 0.29) is 5.88 Å². The van der Waals surface area contributed by atoms with Gasteiger partial charge in [0, 0.05) is 5.38 Å². The highest BCUT2D eigenvalue weighted by atomic mass is 32.1. The number of hydrogen-bond acceptors (Lipinski definition) is 5. The second kappa shape index (κ2) is 5.86. The van der Waals surface area contributed by atoms with E-state index in [9.17, 15) is 5.11 Å². The van der Waals surface area contributed by atoms with Crippen molar-refractivity contribution in [1.82, 2.24) is 24.5 Å². The van der Waals surface area contributed by atoms with Crippen molar-refractivity contribution >= 4 is 11.3 Å². The van der Waals surface area contributed by atoms with Crippen LogP contribution in [0.4, 0.5) is 0 Å². The van der Waals surface area contributed by atoms with Gasteiger partial charge in [-0.25, -0.2) is 9.67 Å². The molecule has 0 aliphatic carbocycles. The molecule has 0 unspecified atom stereocenters. The number of rotatable bonds is 3. The van der Waals surface area contributed by atoms with Crippen LogP contribution in [-0.2, 0) is 0 Å². The van der Waals surface area contributed by atoms with Crippen LogP contribution in [0.25, 0.3) is 22.1 Å². The minimum atomic E-state index is 0.0731. The van der Waals surface area contributed by atoms with Gasteiger partial charge in [-0.3, -0.25) is 0 Å². The maximum atomic E-state index is 10.8. The molecule has 0 bridgehead atoms. The summed E-state index contributed by atoms with van der Waals surface area (Å²) < 4.78 is 3.32. The maximum absolute atomic E-state index is 10.8. The Balaban J connectivity index is 1.91. The fraction of sp³-hybridized carbons (Fsp3) is 0.167. The Bertz CT molecular complexity index is 1050. The van der Waals surface area contributed by atoms with Crippen LogP contribution in [-0.4, -0.2) is 29.7 Å². The van der Waals surface area contributed by atoms with Crippen LogP contribution in [0, 0.1) is 20.8 Å². The zero-order valence-electron chi connectivity index (χ0n) is 14.1. The van der Waals surface area contributed by atoms with E-state index in [0.717, 1.165) is 28.5 Å². The van der Waals surface area contributed by atoms with Gasteiger partial charge in [-0.1, -0.05) is 18.2 Å². The Labute approximate surface area is 149 Å².